The van der Waals surface area contributed by atoms with Crippen LogP contribution in [0.4, 0.5) is 13.2 Å². The number of aromatic nitrogens is 1. The number of hydrogen-bond donors (Lipinski definition) is 2. The number of amides is 2. The van der Waals surface area contributed by atoms with Crippen LogP contribution in [0, 0.1) is 0 Å². The molecule has 1 unspecified atom stereocenters. The van der Waals surface area contributed by atoms with Crippen LogP contribution in [-0.4, -0.2) is 22.3 Å². The Hall–Kier alpha value is -4.01. The largest absolute Gasteiger partial charge is 0.472 e. The normalized spacial score (nSPS) is 12.5. The monoisotopic (exact) mass is 469 g/mol. The molecule has 1 aromatic carbocycles. The Morgan fingerprint density at radius 1 is 1.03 bits per heavy atom. The van der Waals surface area contributed by atoms with E-state index in [4.69, 9.17) is 4.42 Å². The zero-order valence-corrected chi connectivity index (χ0v) is 18.2. The van der Waals surface area contributed by atoms with Gasteiger partial charge in [-0.3, -0.25) is 9.59 Å². The summed E-state index contributed by atoms with van der Waals surface area (Å²) in [6.07, 6.45) is 1.61. The predicted octanol–water partition coefficient (Wildman–Crippen LogP) is 4.58. The van der Waals surface area contributed by atoms with Crippen molar-refractivity contribution in [3.8, 4) is 11.1 Å². The van der Waals surface area contributed by atoms with E-state index in [1.165, 1.54) is 29.9 Å². The maximum atomic E-state index is 13.8. The average molecular weight is 469 g/mol. The fourth-order valence-corrected chi connectivity index (χ4v) is 3.80. The Bertz CT molecular complexity index is 1300. The summed E-state index contributed by atoms with van der Waals surface area (Å²) in [6.45, 7) is 1.33. The standard InChI is InChI=1S/C25H22F3N3O3/c1-16(32)30-22(9-17-5-3-2-4-6-17)24(33)29-12-18-10-23-21(25(26,27)28)11-20(14-31(23)13-18)19-7-8-34-15-19/h2-8,10-11,13-15,22H,9,12H2,1H3,(H,29,33)(H,30,32). The number of nitrogens with one attached hydrogen (secondary N) is 2. The molecule has 9 heteroatoms. The highest BCUT2D eigenvalue weighted by molar-refractivity contribution is 5.87. The lowest BCUT2D eigenvalue weighted by Crippen LogP contribution is -2.47. The minimum Gasteiger partial charge on any atom is -0.472 e. The molecule has 2 N–H and O–H groups in total. The van der Waals surface area contributed by atoms with Crippen LogP contribution >= 0.6 is 0 Å². The summed E-state index contributed by atoms with van der Waals surface area (Å²) >= 11 is 0. The fourth-order valence-electron chi connectivity index (χ4n) is 3.80. The molecule has 0 radical (unpaired) electrons. The zero-order valence-electron chi connectivity index (χ0n) is 18.2. The van der Waals surface area contributed by atoms with Crippen molar-refractivity contribution in [3.63, 3.8) is 0 Å². The van der Waals surface area contributed by atoms with Crippen molar-refractivity contribution in [2.75, 3.05) is 0 Å². The van der Waals surface area contributed by atoms with E-state index in [9.17, 15) is 22.8 Å². The van der Waals surface area contributed by atoms with Crippen LogP contribution in [0.1, 0.15) is 23.6 Å². The van der Waals surface area contributed by atoms with Crippen LogP contribution in [0.5, 0.6) is 0 Å². The van der Waals surface area contributed by atoms with Gasteiger partial charge in [0.2, 0.25) is 11.8 Å². The highest BCUT2D eigenvalue weighted by atomic mass is 19.4. The topological polar surface area (TPSA) is 75.8 Å². The van der Waals surface area contributed by atoms with Crippen LogP contribution in [0.2, 0.25) is 0 Å². The maximum Gasteiger partial charge on any atom is 0.418 e. The first-order chi connectivity index (χ1) is 16.2. The van der Waals surface area contributed by atoms with Gasteiger partial charge in [-0.2, -0.15) is 13.2 Å². The van der Waals surface area contributed by atoms with Crippen molar-refractivity contribution in [2.24, 2.45) is 0 Å². The molecule has 4 rings (SSSR count). The van der Waals surface area contributed by atoms with Gasteiger partial charge in [0.05, 0.1) is 23.6 Å². The lowest BCUT2D eigenvalue weighted by molar-refractivity contribution is -0.136. The van der Waals surface area contributed by atoms with Gasteiger partial charge < -0.3 is 19.5 Å². The molecule has 0 aliphatic rings. The van der Waals surface area contributed by atoms with E-state index in [0.29, 0.717) is 16.7 Å². The second-order valence-corrected chi connectivity index (χ2v) is 7.95. The quantitative estimate of drug-likeness (QED) is 0.416. The van der Waals surface area contributed by atoms with Crippen LogP contribution < -0.4 is 10.6 Å². The number of halogens is 3. The molecule has 0 saturated carbocycles. The molecule has 176 valence electrons. The number of carbonyl (C=O) groups excluding carboxylic acids is 2. The average Bonchev–Trinajstić information content (AvgIpc) is 3.45. The molecule has 3 heterocycles. The van der Waals surface area contributed by atoms with Gasteiger partial charge in [0.25, 0.3) is 0 Å². The summed E-state index contributed by atoms with van der Waals surface area (Å²) in [6, 6.07) is 12.5. The van der Waals surface area contributed by atoms with Crippen LogP contribution in [0.3, 0.4) is 0 Å². The second-order valence-electron chi connectivity index (χ2n) is 7.95. The number of alkyl halides is 3. The summed E-state index contributed by atoms with van der Waals surface area (Å²) in [4.78, 5) is 24.4. The molecule has 3 aromatic heterocycles. The van der Waals surface area contributed by atoms with E-state index in [1.807, 2.05) is 30.3 Å². The molecule has 1 atom stereocenters. The molecule has 0 bridgehead atoms. The summed E-state index contributed by atoms with van der Waals surface area (Å²) in [5.41, 5.74) is 1.43. The zero-order chi connectivity index (χ0) is 24.3. The number of furan rings is 1. The molecule has 6 nitrogen and oxygen atoms in total. The number of pyridine rings is 1. The number of benzene rings is 1. The highest BCUT2D eigenvalue weighted by Crippen LogP contribution is 2.36. The number of carbonyl (C=O) groups is 2. The number of hydrogen-bond acceptors (Lipinski definition) is 3. The molecule has 0 spiro atoms. The van der Waals surface area contributed by atoms with Crippen molar-refractivity contribution in [1.82, 2.24) is 15.0 Å². The highest BCUT2D eigenvalue weighted by Gasteiger charge is 2.34. The molecular formula is C25H22F3N3O3. The molecule has 0 saturated heterocycles. The lowest BCUT2D eigenvalue weighted by atomic mass is 10.1. The molecule has 0 aliphatic heterocycles. The fraction of sp³-hybridized carbons (Fsp3) is 0.200. The molecule has 0 fully saturated rings. The first-order valence-corrected chi connectivity index (χ1v) is 10.5. The number of fused-ring (bicyclic) bond motifs is 1. The van der Waals surface area contributed by atoms with E-state index in [2.05, 4.69) is 10.6 Å². The van der Waals surface area contributed by atoms with E-state index in [-0.39, 0.29) is 24.4 Å². The molecule has 4 aromatic rings. The van der Waals surface area contributed by atoms with E-state index < -0.39 is 23.7 Å². The Morgan fingerprint density at radius 2 is 1.79 bits per heavy atom. The number of rotatable bonds is 7. The lowest BCUT2D eigenvalue weighted by Gasteiger charge is -2.17. The van der Waals surface area contributed by atoms with Crippen LogP contribution in [-0.2, 0) is 28.7 Å². The van der Waals surface area contributed by atoms with Crippen molar-refractivity contribution in [1.29, 1.82) is 0 Å². The van der Waals surface area contributed by atoms with E-state index >= 15 is 0 Å². The van der Waals surface area contributed by atoms with Gasteiger partial charge in [-0.25, -0.2) is 0 Å². The number of nitrogens with zero attached hydrogens (tertiary/aromatic N) is 1. The Morgan fingerprint density at radius 3 is 2.44 bits per heavy atom. The summed E-state index contributed by atoms with van der Waals surface area (Å²) in [5, 5.41) is 5.35. The molecule has 34 heavy (non-hydrogen) atoms. The smallest absolute Gasteiger partial charge is 0.418 e. The van der Waals surface area contributed by atoms with Crippen LogP contribution in [0.25, 0.3) is 16.6 Å². The van der Waals surface area contributed by atoms with Gasteiger partial charge in [-0.15, -0.1) is 0 Å². The predicted molar refractivity (Wildman–Crippen MR) is 120 cm³/mol. The third-order valence-corrected chi connectivity index (χ3v) is 5.36. The van der Waals surface area contributed by atoms with Crippen molar-refractivity contribution in [3.05, 3.63) is 90.1 Å². The van der Waals surface area contributed by atoms with Crippen molar-refractivity contribution < 1.29 is 27.2 Å². The first-order valence-electron chi connectivity index (χ1n) is 10.5. The third kappa shape index (κ3) is 5.31. The SMILES string of the molecule is CC(=O)NC(Cc1ccccc1)C(=O)NCc1cc2c(C(F)(F)F)cc(-c3ccoc3)cn2c1. The van der Waals surface area contributed by atoms with Gasteiger partial charge in [0.1, 0.15) is 6.04 Å². The van der Waals surface area contributed by atoms with Gasteiger partial charge >= 0.3 is 6.18 Å². The Labute approximate surface area is 193 Å². The minimum absolute atomic E-state index is 0.00370. The van der Waals surface area contributed by atoms with Crippen LogP contribution in [0.15, 0.2) is 77.9 Å². The van der Waals surface area contributed by atoms with Gasteiger partial charge in [0.15, 0.2) is 0 Å². The minimum atomic E-state index is -4.56. The van der Waals surface area contributed by atoms with Crippen molar-refractivity contribution in [2.45, 2.75) is 32.1 Å². The molecule has 0 aliphatic carbocycles. The first kappa shape index (κ1) is 23.2. The maximum absolute atomic E-state index is 13.8. The Balaban J connectivity index is 1.56. The van der Waals surface area contributed by atoms with E-state index in [0.717, 1.165) is 11.6 Å². The van der Waals surface area contributed by atoms with E-state index in [1.54, 1.807) is 18.5 Å². The van der Waals surface area contributed by atoms with Crippen molar-refractivity contribution >= 4 is 17.3 Å². The third-order valence-electron chi connectivity index (χ3n) is 5.36. The molecular weight excluding hydrogens is 447 g/mol. The second kappa shape index (κ2) is 9.46. The molecule has 2 amide bonds. The summed E-state index contributed by atoms with van der Waals surface area (Å²) in [5.74, 6) is -0.781. The van der Waals surface area contributed by atoms with Gasteiger partial charge in [-0.1, -0.05) is 30.3 Å². The summed E-state index contributed by atoms with van der Waals surface area (Å²) < 4.78 is 47.6. The van der Waals surface area contributed by atoms with Gasteiger partial charge in [0, 0.05) is 43.4 Å². The Kier molecular flexibility index (Phi) is 6.45. The summed E-state index contributed by atoms with van der Waals surface area (Å²) in [7, 11) is 0. The van der Waals surface area contributed by atoms with Gasteiger partial charge in [-0.05, 0) is 29.3 Å².